The molecule has 7 nitrogen and oxygen atoms in total. The van der Waals surface area contributed by atoms with Crippen molar-refractivity contribution in [3.63, 3.8) is 0 Å². The Kier molecular flexibility index (Phi) is 6.46. The van der Waals surface area contributed by atoms with E-state index in [4.69, 9.17) is 16.4 Å². The molecule has 1 unspecified atom stereocenters. The van der Waals surface area contributed by atoms with Crippen LogP contribution < -0.4 is 4.72 Å². The molecule has 0 spiro atoms. The van der Waals surface area contributed by atoms with Crippen LogP contribution in [0.25, 0.3) is 11.1 Å². The third-order valence-electron chi connectivity index (χ3n) is 5.50. The molecule has 0 radical (unpaired) electrons. The van der Waals surface area contributed by atoms with Crippen molar-refractivity contribution in [1.29, 1.82) is 0 Å². The van der Waals surface area contributed by atoms with Gasteiger partial charge in [-0.25, -0.2) is 35.1 Å². The lowest BCUT2D eigenvalue weighted by Gasteiger charge is -2.17. The molecule has 3 heterocycles. The van der Waals surface area contributed by atoms with Gasteiger partial charge in [0, 0.05) is 30.4 Å². The summed E-state index contributed by atoms with van der Waals surface area (Å²) < 4.78 is 96.7. The molecule has 1 N–H and O–H groups in total. The molecule has 34 heavy (non-hydrogen) atoms. The standard InChI is InChI=1S/C20H18ClF5N4O3S/c1-2-34(31,32)29-16-8-30(9-20(16,25)26)17-6-15(33-28-17)19-12(3-10(21)7-27-19)18-13(23)4-11(22)5-14(18)24/h3-5,7,15-16,29H,2,6,8-9H2,1H3/t15?,16-/m1/s1. The van der Waals surface area contributed by atoms with Gasteiger partial charge in [-0.15, -0.1) is 0 Å². The molecule has 0 bridgehead atoms. The van der Waals surface area contributed by atoms with Gasteiger partial charge in [0.05, 0.1) is 35.0 Å². The highest BCUT2D eigenvalue weighted by Crippen LogP contribution is 2.39. The highest BCUT2D eigenvalue weighted by Gasteiger charge is 2.51. The Morgan fingerprint density at radius 2 is 1.91 bits per heavy atom. The second-order valence-corrected chi connectivity index (χ2v) is 10.3. The van der Waals surface area contributed by atoms with E-state index in [1.54, 1.807) is 0 Å². The van der Waals surface area contributed by atoms with Gasteiger partial charge in [-0.1, -0.05) is 16.8 Å². The number of nitrogens with one attached hydrogen (secondary N) is 1. The van der Waals surface area contributed by atoms with Crippen molar-refractivity contribution < 1.29 is 35.2 Å². The Balaban J connectivity index is 1.58. The minimum absolute atomic E-state index is 0.0155. The Morgan fingerprint density at radius 3 is 2.56 bits per heavy atom. The number of benzene rings is 1. The predicted octanol–water partition coefficient (Wildman–Crippen LogP) is 3.85. The molecular formula is C20H18ClF5N4O3S. The minimum atomic E-state index is -3.87. The summed E-state index contributed by atoms with van der Waals surface area (Å²) in [5.74, 6) is -7.12. The number of halogens is 6. The number of pyridine rings is 1. The maximum Gasteiger partial charge on any atom is 0.282 e. The first-order valence-corrected chi connectivity index (χ1v) is 12.1. The first-order chi connectivity index (χ1) is 15.9. The van der Waals surface area contributed by atoms with Crippen molar-refractivity contribution in [2.75, 3.05) is 18.8 Å². The number of rotatable bonds is 5. The average Bonchev–Trinajstić information content (AvgIpc) is 3.32. The summed E-state index contributed by atoms with van der Waals surface area (Å²) in [6.45, 7) is 0.167. The number of oxime groups is 1. The van der Waals surface area contributed by atoms with E-state index in [2.05, 4.69) is 10.1 Å². The van der Waals surface area contributed by atoms with Crippen LogP contribution in [-0.4, -0.2) is 54.9 Å². The topological polar surface area (TPSA) is 83.9 Å². The Bertz CT molecular complexity index is 1240. The van der Waals surface area contributed by atoms with Crippen molar-refractivity contribution in [3.8, 4) is 11.1 Å². The number of amidine groups is 1. The van der Waals surface area contributed by atoms with Gasteiger partial charge in [-0.3, -0.25) is 4.98 Å². The van der Waals surface area contributed by atoms with Crippen LogP contribution in [-0.2, 0) is 14.9 Å². The second-order valence-electron chi connectivity index (χ2n) is 7.85. The zero-order valence-corrected chi connectivity index (χ0v) is 19.1. The largest absolute Gasteiger partial charge is 0.384 e. The van der Waals surface area contributed by atoms with Crippen LogP contribution in [0.2, 0.25) is 5.02 Å². The number of sulfonamides is 1. The zero-order chi connectivity index (χ0) is 24.8. The first-order valence-electron chi connectivity index (χ1n) is 10.1. The summed E-state index contributed by atoms with van der Waals surface area (Å²) in [5.41, 5.74) is -0.670. The molecule has 0 saturated carbocycles. The Labute approximate surface area is 196 Å². The van der Waals surface area contributed by atoms with Gasteiger partial charge in [-0.05, 0) is 13.0 Å². The maximum absolute atomic E-state index is 14.4. The number of likely N-dealkylation sites (tertiary alicyclic amines) is 1. The van der Waals surface area contributed by atoms with Crippen molar-refractivity contribution in [2.45, 2.75) is 31.4 Å². The van der Waals surface area contributed by atoms with E-state index in [9.17, 15) is 30.4 Å². The monoisotopic (exact) mass is 524 g/mol. The van der Waals surface area contributed by atoms with Crippen molar-refractivity contribution in [1.82, 2.24) is 14.6 Å². The number of aromatic nitrogens is 1. The summed E-state index contributed by atoms with van der Waals surface area (Å²) in [6.07, 6.45) is 0.113. The number of hydrogen-bond donors (Lipinski definition) is 1. The lowest BCUT2D eigenvalue weighted by atomic mass is 9.98. The van der Waals surface area contributed by atoms with Gasteiger partial charge in [0.15, 0.2) is 6.10 Å². The molecule has 0 amide bonds. The van der Waals surface area contributed by atoms with Crippen LogP contribution in [0.15, 0.2) is 29.6 Å². The fourth-order valence-electron chi connectivity index (χ4n) is 3.81. The van der Waals surface area contributed by atoms with Crippen LogP contribution in [0.4, 0.5) is 22.0 Å². The van der Waals surface area contributed by atoms with Crippen molar-refractivity contribution in [2.24, 2.45) is 5.16 Å². The fourth-order valence-corrected chi connectivity index (χ4v) is 4.81. The molecular weight excluding hydrogens is 507 g/mol. The SMILES string of the molecule is CCS(=O)(=O)N[C@@H]1CN(C2=NOC(c3ncc(Cl)cc3-c3c(F)cc(F)cc3F)C2)CC1(F)F. The maximum atomic E-state index is 14.4. The van der Waals surface area contributed by atoms with E-state index in [0.29, 0.717) is 12.1 Å². The lowest BCUT2D eigenvalue weighted by Crippen LogP contribution is -2.47. The Hall–Kier alpha value is -2.51. The van der Waals surface area contributed by atoms with Gasteiger partial charge in [0.25, 0.3) is 5.92 Å². The summed E-state index contributed by atoms with van der Waals surface area (Å²) >= 11 is 5.96. The third kappa shape index (κ3) is 4.82. The van der Waals surface area contributed by atoms with E-state index >= 15 is 0 Å². The van der Waals surface area contributed by atoms with Gasteiger partial charge in [0.1, 0.15) is 29.3 Å². The minimum Gasteiger partial charge on any atom is -0.384 e. The molecule has 1 saturated heterocycles. The highest BCUT2D eigenvalue weighted by atomic mass is 35.5. The lowest BCUT2D eigenvalue weighted by molar-refractivity contribution is -0.00126. The normalized spacial score (nSPS) is 22.1. The average molecular weight is 525 g/mol. The summed E-state index contributed by atoms with van der Waals surface area (Å²) in [6, 6.07) is 0.574. The van der Waals surface area contributed by atoms with Crippen LogP contribution in [0.5, 0.6) is 0 Å². The van der Waals surface area contributed by atoms with E-state index < -0.39 is 57.7 Å². The van der Waals surface area contributed by atoms with E-state index in [0.717, 1.165) is 0 Å². The molecule has 1 aromatic carbocycles. The van der Waals surface area contributed by atoms with E-state index in [1.165, 1.54) is 24.1 Å². The predicted molar refractivity (Wildman–Crippen MR) is 113 cm³/mol. The number of hydrogen-bond acceptors (Lipinski definition) is 6. The van der Waals surface area contributed by atoms with Gasteiger partial charge in [0.2, 0.25) is 10.0 Å². The summed E-state index contributed by atoms with van der Waals surface area (Å²) in [7, 11) is -3.87. The summed E-state index contributed by atoms with van der Waals surface area (Å²) in [4.78, 5) is 10.6. The van der Waals surface area contributed by atoms with Crippen LogP contribution >= 0.6 is 11.6 Å². The molecule has 2 aliphatic heterocycles. The van der Waals surface area contributed by atoms with Crippen LogP contribution in [0, 0.1) is 17.5 Å². The number of nitrogens with zero attached hydrogens (tertiary/aromatic N) is 3. The summed E-state index contributed by atoms with van der Waals surface area (Å²) in [5, 5.41) is 3.87. The fraction of sp³-hybridized carbons (Fsp3) is 0.400. The van der Waals surface area contributed by atoms with Gasteiger partial charge >= 0.3 is 0 Å². The van der Waals surface area contributed by atoms with Crippen LogP contribution in [0.1, 0.15) is 25.1 Å². The first kappa shape index (κ1) is 24.6. The smallest absolute Gasteiger partial charge is 0.282 e. The van der Waals surface area contributed by atoms with E-state index in [1.807, 2.05) is 4.72 Å². The highest BCUT2D eigenvalue weighted by molar-refractivity contribution is 7.89. The molecule has 4 rings (SSSR count). The molecule has 2 atom stereocenters. The van der Waals surface area contributed by atoms with Gasteiger partial charge in [-0.2, -0.15) is 0 Å². The second kappa shape index (κ2) is 8.93. The molecule has 184 valence electrons. The molecule has 0 aliphatic carbocycles. The molecule has 1 fully saturated rings. The van der Waals surface area contributed by atoms with Gasteiger partial charge < -0.3 is 9.74 Å². The van der Waals surface area contributed by atoms with E-state index in [-0.39, 0.29) is 40.8 Å². The molecule has 2 aliphatic rings. The zero-order valence-electron chi connectivity index (χ0n) is 17.5. The Morgan fingerprint density at radius 1 is 1.24 bits per heavy atom. The third-order valence-corrected chi connectivity index (χ3v) is 7.11. The number of alkyl halides is 2. The molecule has 2 aromatic rings. The van der Waals surface area contributed by atoms with Crippen molar-refractivity contribution >= 4 is 27.5 Å². The molecule has 14 heteroatoms. The van der Waals surface area contributed by atoms with Crippen LogP contribution in [0.3, 0.4) is 0 Å². The quantitative estimate of drug-likeness (QED) is 0.601. The molecule has 1 aromatic heterocycles. The van der Waals surface area contributed by atoms with Crippen molar-refractivity contribution in [3.05, 3.63) is 52.6 Å².